The minimum Gasteiger partial charge on any atom is -0.393 e. The summed E-state index contributed by atoms with van der Waals surface area (Å²) in [5.41, 5.74) is -0.103. The van der Waals surface area contributed by atoms with Crippen LogP contribution in [0.15, 0.2) is 0 Å². The van der Waals surface area contributed by atoms with Gasteiger partial charge in [0, 0.05) is 18.8 Å². The van der Waals surface area contributed by atoms with Gasteiger partial charge in [0.2, 0.25) is 0 Å². The number of aliphatic hydroxyl groups excluding tert-OH is 2. The Morgan fingerprint density at radius 1 is 1.08 bits per heavy atom. The summed E-state index contributed by atoms with van der Waals surface area (Å²) in [6, 6.07) is 0. The van der Waals surface area contributed by atoms with Gasteiger partial charge >= 0.3 is 0 Å². The SMILES string of the molecule is CC(=O)[C@H]1C[C@@H](O)[C@H]2[C@@H]3[C@@H](O)C[C@@H]4CC(=O)CC[C@]4(C)[C@H]3CC[C@@]21C. The van der Waals surface area contributed by atoms with E-state index in [0.29, 0.717) is 37.4 Å². The van der Waals surface area contributed by atoms with Gasteiger partial charge in [0.1, 0.15) is 11.6 Å². The lowest BCUT2D eigenvalue weighted by atomic mass is 9.44. The smallest absolute Gasteiger partial charge is 0.133 e. The molecule has 0 amide bonds. The minimum atomic E-state index is -0.494. The molecule has 0 aromatic carbocycles. The Bertz CT molecular complexity index is 601. The monoisotopic (exact) mass is 348 g/mol. The van der Waals surface area contributed by atoms with Crippen molar-refractivity contribution in [1.82, 2.24) is 0 Å². The molecule has 0 spiro atoms. The maximum atomic E-state index is 12.2. The van der Waals surface area contributed by atoms with E-state index >= 15 is 0 Å². The summed E-state index contributed by atoms with van der Waals surface area (Å²) in [6.45, 7) is 6.14. The molecule has 0 unspecified atom stereocenters. The normalized spacial score (nSPS) is 55.2. The quantitative estimate of drug-likeness (QED) is 0.764. The molecular formula is C21H32O4. The third kappa shape index (κ3) is 2.32. The molecule has 0 saturated heterocycles. The summed E-state index contributed by atoms with van der Waals surface area (Å²) in [5, 5.41) is 21.9. The number of rotatable bonds is 1. The van der Waals surface area contributed by atoms with E-state index in [4.69, 9.17) is 0 Å². The lowest BCUT2D eigenvalue weighted by Crippen LogP contribution is -2.59. The Morgan fingerprint density at radius 3 is 2.48 bits per heavy atom. The molecule has 0 aromatic rings. The summed E-state index contributed by atoms with van der Waals surface area (Å²) in [7, 11) is 0. The van der Waals surface area contributed by atoms with Gasteiger partial charge in [0.05, 0.1) is 12.2 Å². The van der Waals surface area contributed by atoms with Gasteiger partial charge in [-0.25, -0.2) is 0 Å². The van der Waals surface area contributed by atoms with E-state index in [-0.39, 0.29) is 40.3 Å². The van der Waals surface area contributed by atoms with Crippen molar-refractivity contribution < 1.29 is 19.8 Å². The molecule has 4 aliphatic rings. The molecule has 4 aliphatic carbocycles. The van der Waals surface area contributed by atoms with Crippen molar-refractivity contribution in [1.29, 1.82) is 0 Å². The Kier molecular flexibility index (Phi) is 3.98. The van der Waals surface area contributed by atoms with Crippen LogP contribution in [0.1, 0.15) is 65.7 Å². The number of ketones is 2. The van der Waals surface area contributed by atoms with Gasteiger partial charge in [0.25, 0.3) is 0 Å². The zero-order chi connectivity index (χ0) is 18.1. The Morgan fingerprint density at radius 2 is 1.80 bits per heavy atom. The van der Waals surface area contributed by atoms with E-state index in [1.165, 1.54) is 0 Å². The Hall–Kier alpha value is -0.740. The molecule has 0 aromatic heterocycles. The van der Waals surface area contributed by atoms with Crippen LogP contribution >= 0.6 is 0 Å². The second-order valence-electron chi connectivity index (χ2n) is 9.97. The number of carbonyl (C=O) groups excluding carboxylic acids is 2. The molecule has 2 N–H and O–H groups in total. The average Bonchev–Trinajstić information content (AvgIpc) is 2.81. The third-order valence-corrected chi connectivity index (χ3v) is 8.98. The number of Topliss-reactive ketones (excluding diaryl/α,β-unsaturated/α-hetero) is 2. The van der Waals surface area contributed by atoms with E-state index in [1.807, 2.05) is 0 Å². The van der Waals surface area contributed by atoms with Crippen LogP contribution in [0.2, 0.25) is 0 Å². The fraction of sp³-hybridized carbons (Fsp3) is 0.905. The van der Waals surface area contributed by atoms with Gasteiger partial charge in [-0.15, -0.1) is 0 Å². The first-order valence-electron chi connectivity index (χ1n) is 10.1. The Balaban J connectivity index is 1.71. The average molecular weight is 348 g/mol. The van der Waals surface area contributed by atoms with Crippen molar-refractivity contribution in [3.63, 3.8) is 0 Å². The van der Waals surface area contributed by atoms with E-state index in [2.05, 4.69) is 13.8 Å². The highest BCUT2D eigenvalue weighted by Crippen LogP contribution is 2.67. The summed E-state index contributed by atoms with van der Waals surface area (Å²) < 4.78 is 0. The van der Waals surface area contributed by atoms with Crippen LogP contribution in [-0.2, 0) is 9.59 Å². The summed E-state index contributed by atoms with van der Waals surface area (Å²) in [4.78, 5) is 24.2. The maximum absolute atomic E-state index is 12.2. The third-order valence-electron chi connectivity index (χ3n) is 8.98. The van der Waals surface area contributed by atoms with E-state index in [0.717, 1.165) is 19.3 Å². The molecule has 4 rings (SSSR count). The zero-order valence-corrected chi connectivity index (χ0v) is 15.7. The molecule has 4 saturated carbocycles. The minimum absolute atomic E-state index is 0.00514. The van der Waals surface area contributed by atoms with Crippen molar-refractivity contribution in [2.75, 3.05) is 0 Å². The van der Waals surface area contributed by atoms with Crippen LogP contribution in [0, 0.1) is 40.4 Å². The van der Waals surface area contributed by atoms with Crippen LogP contribution < -0.4 is 0 Å². The Labute approximate surface area is 150 Å². The largest absolute Gasteiger partial charge is 0.393 e. The first-order chi connectivity index (χ1) is 11.7. The summed E-state index contributed by atoms with van der Waals surface area (Å²) in [6.07, 6.45) is 4.41. The second-order valence-corrected chi connectivity index (χ2v) is 9.97. The van der Waals surface area contributed by atoms with Gasteiger partial charge in [-0.2, -0.15) is 0 Å². The molecule has 0 radical (unpaired) electrons. The summed E-state index contributed by atoms with van der Waals surface area (Å²) in [5.74, 6) is 1.13. The second kappa shape index (κ2) is 5.63. The molecule has 4 fully saturated rings. The molecular weight excluding hydrogens is 316 g/mol. The predicted molar refractivity (Wildman–Crippen MR) is 93.7 cm³/mol. The van der Waals surface area contributed by atoms with Gasteiger partial charge < -0.3 is 10.2 Å². The molecule has 4 heteroatoms. The molecule has 0 heterocycles. The first-order valence-corrected chi connectivity index (χ1v) is 10.1. The van der Waals surface area contributed by atoms with Gasteiger partial charge in [0.15, 0.2) is 0 Å². The fourth-order valence-electron chi connectivity index (χ4n) is 7.69. The van der Waals surface area contributed by atoms with Crippen LogP contribution in [0.5, 0.6) is 0 Å². The lowest BCUT2D eigenvalue weighted by molar-refractivity contribution is -0.178. The van der Waals surface area contributed by atoms with Crippen molar-refractivity contribution in [3.05, 3.63) is 0 Å². The lowest BCUT2D eigenvalue weighted by Gasteiger charge is -2.61. The van der Waals surface area contributed by atoms with Gasteiger partial charge in [-0.05, 0) is 73.5 Å². The molecule has 140 valence electrons. The predicted octanol–water partition coefficient (Wildman–Crippen LogP) is 2.75. The van der Waals surface area contributed by atoms with Gasteiger partial charge in [-0.3, -0.25) is 9.59 Å². The first kappa shape index (κ1) is 17.7. The van der Waals surface area contributed by atoms with Crippen molar-refractivity contribution in [2.24, 2.45) is 40.4 Å². The topological polar surface area (TPSA) is 74.6 Å². The van der Waals surface area contributed by atoms with E-state index in [1.54, 1.807) is 6.92 Å². The number of aliphatic hydroxyl groups is 2. The van der Waals surface area contributed by atoms with Crippen LogP contribution in [0.3, 0.4) is 0 Å². The number of hydrogen-bond donors (Lipinski definition) is 2. The number of hydrogen-bond acceptors (Lipinski definition) is 4. The number of fused-ring (bicyclic) bond motifs is 5. The van der Waals surface area contributed by atoms with Crippen molar-refractivity contribution >= 4 is 11.6 Å². The van der Waals surface area contributed by atoms with Crippen LogP contribution in [0.4, 0.5) is 0 Å². The van der Waals surface area contributed by atoms with Crippen LogP contribution in [0.25, 0.3) is 0 Å². The molecule has 25 heavy (non-hydrogen) atoms. The van der Waals surface area contributed by atoms with E-state index in [9.17, 15) is 19.8 Å². The number of carbonyl (C=O) groups is 2. The molecule has 4 nitrogen and oxygen atoms in total. The van der Waals surface area contributed by atoms with E-state index < -0.39 is 12.2 Å². The molecule has 0 aliphatic heterocycles. The summed E-state index contributed by atoms with van der Waals surface area (Å²) >= 11 is 0. The standard InChI is InChI=1S/C21H32O4/c1-11(22)15-10-17(25)19-18-14(5-7-21(15,19)3)20(2)6-4-13(23)8-12(20)9-16(18)24/h12,14-19,24-25H,4-10H2,1-3H3/t12-,14-,15+,16-,17+,18-,19-,20-,21+/m0/s1. The fourth-order valence-corrected chi connectivity index (χ4v) is 7.69. The van der Waals surface area contributed by atoms with Gasteiger partial charge in [-0.1, -0.05) is 13.8 Å². The van der Waals surface area contributed by atoms with Crippen molar-refractivity contribution in [3.8, 4) is 0 Å². The van der Waals surface area contributed by atoms with Crippen molar-refractivity contribution in [2.45, 2.75) is 77.9 Å². The highest BCUT2D eigenvalue weighted by molar-refractivity contribution is 5.80. The highest BCUT2D eigenvalue weighted by atomic mass is 16.3. The zero-order valence-electron chi connectivity index (χ0n) is 15.7. The maximum Gasteiger partial charge on any atom is 0.133 e. The van der Waals surface area contributed by atoms with Crippen LogP contribution in [-0.4, -0.2) is 34.0 Å². The highest BCUT2D eigenvalue weighted by Gasteiger charge is 2.65. The molecule has 0 bridgehead atoms. The molecule has 9 atom stereocenters.